The Bertz CT molecular complexity index is 495. The third kappa shape index (κ3) is 3.44. The molecule has 1 amide bonds. The molecule has 2 rings (SSSR count). The van der Waals surface area contributed by atoms with Gasteiger partial charge < -0.3 is 10.0 Å². The molecule has 1 saturated carbocycles. The minimum atomic E-state index is -0.869. The minimum absolute atomic E-state index is 0.0786. The zero-order valence-corrected chi connectivity index (χ0v) is 10.8. The van der Waals surface area contributed by atoms with E-state index in [-0.39, 0.29) is 11.8 Å². The fraction of sp³-hybridized carbons (Fsp3) is 0.333. The number of carbonyl (C=O) groups excluding carboxylic acids is 1. The van der Waals surface area contributed by atoms with Crippen molar-refractivity contribution >= 4 is 18.0 Å². The molecule has 2 atom stereocenters. The Kier molecular flexibility index (Phi) is 4.00. The fourth-order valence-corrected chi connectivity index (χ4v) is 2.02. The van der Waals surface area contributed by atoms with E-state index in [9.17, 15) is 9.59 Å². The standard InChI is InChI=1S/C15H17NO3/c1-16(14(17)12-10-13(12)15(18)19)9-5-8-11-6-3-2-4-7-11/h2-8,12-13H,9-10H2,1H3,(H,18,19)/b8-5+/t12-,13-/m1/s1. The zero-order valence-electron chi connectivity index (χ0n) is 10.8. The molecule has 1 aromatic rings. The quantitative estimate of drug-likeness (QED) is 0.878. The highest BCUT2D eigenvalue weighted by molar-refractivity contribution is 5.89. The number of benzene rings is 1. The maximum Gasteiger partial charge on any atom is 0.307 e. The molecule has 0 radical (unpaired) electrons. The number of hydrogen-bond donors (Lipinski definition) is 1. The molecule has 0 aromatic heterocycles. The van der Waals surface area contributed by atoms with Crippen molar-refractivity contribution in [3.05, 3.63) is 42.0 Å². The largest absolute Gasteiger partial charge is 0.481 e. The first-order valence-corrected chi connectivity index (χ1v) is 6.29. The van der Waals surface area contributed by atoms with Crippen LogP contribution in [0.15, 0.2) is 36.4 Å². The summed E-state index contributed by atoms with van der Waals surface area (Å²) < 4.78 is 0. The number of carboxylic acid groups (broad SMARTS) is 1. The van der Waals surface area contributed by atoms with Crippen molar-refractivity contribution in [2.45, 2.75) is 6.42 Å². The van der Waals surface area contributed by atoms with Crippen molar-refractivity contribution in [1.82, 2.24) is 4.90 Å². The Morgan fingerprint density at radius 3 is 2.58 bits per heavy atom. The second-order valence-electron chi connectivity index (χ2n) is 4.82. The molecule has 0 saturated heterocycles. The molecule has 1 fully saturated rings. The molecular weight excluding hydrogens is 242 g/mol. The predicted molar refractivity (Wildman–Crippen MR) is 72.3 cm³/mol. The van der Waals surface area contributed by atoms with Crippen molar-refractivity contribution in [2.75, 3.05) is 13.6 Å². The van der Waals surface area contributed by atoms with E-state index in [4.69, 9.17) is 5.11 Å². The normalized spacial score (nSPS) is 21.3. The predicted octanol–water partition coefficient (Wildman–Crippen LogP) is 1.88. The third-order valence-electron chi connectivity index (χ3n) is 3.29. The Labute approximate surface area is 112 Å². The second-order valence-corrected chi connectivity index (χ2v) is 4.82. The number of aliphatic carboxylic acids is 1. The van der Waals surface area contributed by atoms with Crippen LogP contribution in [0.5, 0.6) is 0 Å². The van der Waals surface area contributed by atoms with Crippen LogP contribution in [0.2, 0.25) is 0 Å². The Morgan fingerprint density at radius 2 is 2.00 bits per heavy atom. The monoisotopic (exact) mass is 259 g/mol. The van der Waals surface area contributed by atoms with E-state index in [1.54, 1.807) is 11.9 Å². The van der Waals surface area contributed by atoms with Crippen molar-refractivity contribution in [1.29, 1.82) is 0 Å². The summed E-state index contributed by atoms with van der Waals surface area (Å²) in [6, 6.07) is 9.83. The first kappa shape index (κ1) is 13.3. The first-order chi connectivity index (χ1) is 9.09. The lowest BCUT2D eigenvalue weighted by molar-refractivity contribution is -0.141. The van der Waals surface area contributed by atoms with Crippen molar-refractivity contribution in [3.8, 4) is 0 Å². The van der Waals surface area contributed by atoms with Gasteiger partial charge in [-0.3, -0.25) is 9.59 Å². The fourth-order valence-electron chi connectivity index (χ4n) is 2.02. The van der Waals surface area contributed by atoms with Crippen LogP contribution in [0.3, 0.4) is 0 Å². The smallest absolute Gasteiger partial charge is 0.307 e. The molecule has 0 aliphatic heterocycles. The highest BCUT2D eigenvalue weighted by Crippen LogP contribution is 2.39. The number of nitrogens with zero attached hydrogens (tertiary/aromatic N) is 1. The van der Waals surface area contributed by atoms with Gasteiger partial charge in [0.25, 0.3) is 0 Å². The Balaban J connectivity index is 1.82. The molecule has 0 heterocycles. The van der Waals surface area contributed by atoms with E-state index < -0.39 is 11.9 Å². The molecular formula is C15H17NO3. The van der Waals surface area contributed by atoms with Gasteiger partial charge in [-0.25, -0.2) is 0 Å². The summed E-state index contributed by atoms with van der Waals surface area (Å²) in [6.45, 7) is 0.497. The summed E-state index contributed by atoms with van der Waals surface area (Å²) in [5.74, 6) is -1.75. The van der Waals surface area contributed by atoms with Crippen LogP contribution in [-0.2, 0) is 9.59 Å². The molecule has 0 spiro atoms. The van der Waals surface area contributed by atoms with E-state index in [1.165, 1.54) is 0 Å². The van der Waals surface area contributed by atoms with E-state index in [0.717, 1.165) is 5.56 Å². The van der Waals surface area contributed by atoms with E-state index in [0.29, 0.717) is 13.0 Å². The maximum atomic E-state index is 11.9. The summed E-state index contributed by atoms with van der Waals surface area (Å²) in [4.78, 5) is 24.2. The van der Waals surface area contributed by atoms with Crippen molar-refractivity contribution < 1.29 is 14.7 Å². The average Bonchev–Trinajstić information content (AvgIpc) is 3.19. The lowest BCUT2D eigenvalue weighted by Crippen LogP contribution is -2.29. The summed E-state index contributed by atoms with van der Waals surface area (Å²) in [5, 5.41) is 8.79. The van der Waals surface area contributed by atoms with Crippen molar-refractivity contribution in [2.24, 2.45) is 11.8 Å². The number of hydrogen-bond acceptors (Lipinski definition) is 2. The Hall–Kier alpha value is -2.10. The van der Waals surface area contributed by atoms with Gasteiger partial charge in [0.2, 0.25) is 5.91 Å². The van der Waals surface area contributed by atoms with Crippen LogP contribution in [0.4, 0.5) is 0 Å². The summed E-state index contributed by atoms with van der Waals surface area (Å²) in [6.07, 6.45) is 4.33. The molecule has 19 heavy (non-hydrogen) atoms. The molecule has 1 aromatic carbocycles. The molecule has 4 nitrogen and oxygen atoms in total. The molecule has 4 heteroatoms. The first-order valence-electron chi connectivity index (χ1n) is 6.29. The molecule has 1 N–H and O–H groups in total. The molecule has 100 valence electrons. The van der Waals surface area contributed by atoms with Gasteiger partial charge in [0.05, 0.1) is 11.8 Å². The number of carbonyl (C=O) groups is 2. The molecule has 1 aliphatic rings. The van der Waals surface area contributed by atoms with Crippen LogP contribution in [0.1, 0.15) is 12.0 Å². The zero-order chi connectivity index (χ0) is 13.8. The summed E-state index contributed by atoms with van der Waals surface area (Å²) in [7, 11) is 1.70. The topological polar surface area (TPSA) is 57.6 Å². The van der Waals surface area contributed by atoms with Gasteiger partial charge in [-0.1, -0.05) is 42.5 Å². The van der Waals surface area contributed by atoms with Gasteiger partial charge in [-0.2, -0.15) is 0 Å². The van der Waals surface area contributed by atoms with Gasteiger partial charge in [0, 0.05) is 13.6 Å². The van der Waals surface area contributed by atoms with Gasteiger partial charge in [-0.15, -0.1) is 0 Å². The average molecular weight is 259 g/mol. The highest BCUT2D eigenvalue weighted by atomic mass is 16.4. The molecule has 0 unspecified atom stereocenters. The van der Waals surface area contributed by atoms with Gasteiger partial charge in [0.15, 0.2) is 0 Å². The van der Waals surface area contributed by atoms with E-state index >= 15 is 0 Å². The second kappa shape index (κ2) is 5.69. The van der Waals surface area contributed by atoms with Crippen molar-refractivity contribution in [3.63, 3.8) is 0 Å². The highest BCUT2D eigenvalue weighted by Gasteiger charge is 2.49. The minimum Gasteiger partial charge on any atom is -0.481 e. The van der Waals surface area contributed by atoms with Gasteiger partial charge in [0.1, 0.15) is 0 Å². The number of likely N-dealkylation sites (N-methyl/N-ethyl adjacent to an activating group) is 1. The van der Waals surface area contributed by atoms with Crippen LogP contribution >= 0.6 is 0 Å². The van der Waals surface area contributed by atoms with Crippen LogP contribution < -0.4 is 0 Å². The van der Waals surface area contributed by atoms with E-state index in [2.05, 4.69) is 0 Å². The van der Waals surface area contributed by atoms with E-state index in [1.807, 2.05) is 42.5 Å². The van der Waals surface area contributed by atoms with Gasteiger partial charge in [-0.05, 0) is 12.0 Å². The van der Waals surface area contributed by atoms with Crippen LogP contribution in [0.25, 0.3) is 6.08 Å². The molecule has 1 aliphatic carbocycles. The molecule has 0 bridgehead atoms. The lowest BCUT2D eigenvalue weighted by atomic mass is 10.2. The Morgan fingerprint density at radius 1 is 1.32 bits per heavy atom. The summed E-state index contributed by atoms with van der Waals surface area (Å²) in [5.41, 5.74) is 1.08. The number of rotatable bonds is 5. The van der Waals surface area contributed by atoms with Crippen LogP contribution in [0, 0.1) is 11.8 Å². The van der Waals surface area contributed by atoms with Gasteiger partial charge >= 0.3 is 5.97 Å². The number of carboxylic acids is 1. The van der Waals surface area contributed by atoms with Crippen LogP contribution in [-0.4, -0.2) is 35.5 Å². The lowest BCUT2D eigenvalue weighted by Gasteiger charge is -2.14. The maximum absolute atomic E-state index is 11.9. The third-order valence-corrected chi connectivity index (χ3v) is 3.29. The summed E-state index contributed by atoms with van der Waals surface area (Å²) >= 11 is 0. The SMILES string of the molecule is CN(C/C=C/c1ccccc1)C(=O)[C@@H]1C[C@H]1C(=O)O. The number of amides is 1.